The van der Waals surface area contributed by atoms with Gasteiger partial charge in [-0.2, -0.15) is 0 Å². The summed E-state index contributed by atoms with van der Waals surface area (Å²) in [6, 6.07) is 3.88. The van der Waals surface area contributed by atoms with Crippen LogP contribution in [-0.4, -0.2) is 29.1 Å². The zero-order valence-corrected chi connectivity index (χ0v) is 10.5. The van der Waals surface area contributed by atoms with E-state index in [9.17, 15) is 14.9 Å². The molecule has 1 aromatic rings. The lowest BCUT2D eigenvalue weighted by Crippen LogP contribution is -2.29. The molecular formula is C13H14N2O4. The van der Waals surface area contributed by atoms with E-state index in [1.165, 1.54) is 23.8 Å². The van der Waals surface area contributed by atoms with Crippen molar-refractivity contribution in [3.8, 4) is 0 Å². The predicted octanol–water partition coefficient (Wildman–Crippen LogP) is 2.45. The van der Waals surface area contributed by atoms with E-state index in [1.807, 2.05) is 17.9 Å². The normalized spacial score (nSPS) is 15.0. The average Bonchev–Trinajstić information content (AvgIpc) is 2.38. The molecule has 0 aliphatic carbocycles. The van der Waals surface area contributed by atoms with Crippen molar-refractivity contribution >= 4 is 17.3 Å². The van der Waals surface area contributed by atoms with Crippen LogP contribution in [0.2, 0.25) is 0 Å². The molecule has 6 heteroatoms. The molecule has 0 unspecified atom stereocenters. The third kappa shape index (κ3) is 2.73. The molecular weight excluding hydrogens is 248 g/mol. The Bertz CT molecular complexity index is 566. The van der Waals surface area contributed by atoms with Crippen molar-refractivity contribution in [2.24, 2.45) is 0 Å². The number of nitro groups is 1. The van der Waals surface area contributed by atoms with Crippen LogP contribution in [0, 0.1) is 10.1 Å². The maximum absolute atomic E-state index is 11.0. The van der Waals surface area contributed by atoms with Gasteiger partial charge in [0.2, 0.25) is 0 Å². The summed E-state index contributed by atoms with van der Waals surface area (Å²) in [5, 5.41) is 20.0. The topological polar surface area (TPSA) is 83.7 Å². The van der Waals surface area contributed by atoms with Crippen molar-refractivity contribution in [1.82, 2.24) is 0 Å². The molecule has 0 fully saturated rings. The maximum atomic E-state index is 11.0. The number of carboxylic acids is 1. The molecule has 19 heavy (non-hydrogen) atoms. The van der Waals surface area contributed by atoms with Crippen LogP contribution in [0.15, 0.2) is 29.8 Å². The van der Waals surface area contributed by atoms with Crippen molar-refractivity contribution < 1.29 is 14.8 Å². The molecule has 100 valence electrons. The molecule has 0 saturated carbocycles. The van der Waals surface area contributed by atoms with E-state index >= 15 is 0 Å². The highest BCUT2D eigenvalue weighted by atomic mass is 16.6. The van der Waals surface area contributed by atoms with Gasteiger partial charge in [0.25, 0.3) is 5.69 Å². The minimum Gasteiger partial charge on any atom is -0.478 e. The van der Waals surface area contributed by atoms with Crippen LogP contribution >= 0.6 is 0 Å². The Balaban J connectivity index is 2.43. The number of aromatic carboxylic acids is 1. The summed E-state index contributed by atoms with van der Waals surface area (Å²) in [4.78, 5) is 23.3. The minimum atomic E-state index is -1.08. The molecule has 6 nitrogen and oxygen atoms in total. The van der Waals surface area contributed by atoms with Gasteiger partial charge in [-0.15, -0.1) is 0 Å². The largest absolute Gasteiger partial charge is 0.478 e. The smallest absolute Gasteiger partial charge is 0.335 e. The number of hydrogen-bond acceptors (Lipinski definition) is 4. The molecule has 0 atom stereocenters. The molecule has 0 radical (unpaired) electrons. The number of benzene rings is 1. The molecule has 1 N–H and O–H groups in total. The van der Waals surface area contributed by atoms with Crippen LogP contribution in [0.4, 0.5) is 11.4 Å². The van der Waals surface area contributed by atoms with Crippen molar-refractivity contribution in [1.29, 1.82) is 0 Å². The van der Waals surface area contributed by atoms with Gasteiger partial charge in [-0.3, -0.25) is 10.1 Å². The summed E-state index contributed by atoms with van der Waals surface area (Å²) in [5.41, 5.74) is 1.62. The Labute approximate surface area is 110 Å². The number of nitrogens with zero attached hydrogens (tertiary/aromatic N) is 2. The Hall–Kier alpha value is -2.37. The number of hydrogen-bond donors (Lipinski definition) is 1. The highest BCUT2D eigenvalue weighted by Gasteiger charge is 2.22. The summed E-state index contributed by atoms with van der Waals surface area (Å²) in [7, 11) is 0. The third-order valence-corrected chi connectivity index (χ3v) is 3.20. The quantitative estimate of drug-likeness (QED) is 0.514. The molecule has 0 spiro atoms. The standard InChI is InChI=1S/C13H14N2O4/c1-9-4-6-14(7-5-9)12-8-10(13(16)17)2-3-11(12)15(18)19/h2-4,8H,5-7H2,1H3,(H,16,17). The van der Waals surface area contributed by atoms with Crippen molar-refractivity contribution in [3.63, 3.8) is 0 Å². The highest BCUT2D eigenvalue weighted by molar-refractivity contribution is 5.90. The second-order valence-corrected chi connectivity index (χ2v) is 4.51. The molecule has 1 aliphatic heterocycles. The highest BCUT2D eigenvalue weighted by Crippen LogP contribution is 2.31. The summed E-state index contributed by atoms with van der Waals surface area (Å²) < 4.78 is 0. The Morgan fingerprint density at radius 3 is 2.74 bits per heavy atom. The van der Waals surface area contributed by atoms with Crippen LogP contribution in [-0.2, 0) is 0 Å². The van der Waals surface area contributed by atoms with E-state index in [0.717, 1.165) is 6.42 Å². The number of rotatable bonds is 3. The number of nitro benzene ring substituents is 1. The van der Waals surface area contributed by atoms with E-state index in [1.54, 1.807) is 0 Å². The SMILES string of the molecule is CC1=CCN(c2cc(C(=O)O)ccc2[N+](=O)[O-])CC1. The van der Waals surface area contributed by atoms with Crippen LogP contribution in [0.5, 0.6) is 0 Å². The maximum Gasteiger partial charge on any atom is 0.335 e. The predicted molar refractivity (Wildman–Crippen MR) is 70.6 cm³/mol. The lowest BCUT2D eigenvalue weighted by molar-refractivity contribution is -0.384. The zero-order valence-electron chi connectivity index (χ0n) is 10.5. The fourth-order valence-corrected chi connectivity index (χ4v) is 2.05. The van der Waals surface area contributed by atoms with Gasteiger partial charge in [0.1, 0.15) is 5.69 Å². The molecule has 0 aromatic heterocycles. The Kier molecular flexibility index (Phi) is 3.50. The summed E-state index contributed by atoms with van der Waals surface area (Å²) in [6.07, 6.45) is 2.83. The fraction of sp³-hybridized carbons (Fsp3) is 0.308. The average molecular weight is 262 g/mol. The number of carboxylic acid groups (broad SMARTS) is 1. The molecule has 1 aromatic carbocycles. The van der Waals surface area contributed by atoms with Gasteiger partial charge in [0.15, 0.2) is 0 Å². The molecule has 0 bridgehead atoms. The third-order valence-electron chi connectivity index (χ3n) is 3.20. The number of carbonyl (C=O) groups is 1. The van der Waals surface area contributed by atoms with E-state index in [-0.39, 0.29) is 11.3 Å². The molecule has 0 amide bonds. The monoisotopic (exact) mass is 262 g/mol. The van der Waals surface area contributed by atoms with Crippen LogP contribution in [0.1, 0.15) is 23.7 Å². The van der Waals surface area contributed by atoms with Gasteiger partial charge in [0.05, 0.1) is 10.5 Å². The summed E-state index contributed by atoms with van der Waals surface area (Å²) >= 11 is 0. The van der Waals surface area contributed by atoms with E-state index in [2.05, 4.69) is 0 Å². The first-order valence-corrected chi connectivity index (χ1v) is 5.91. The first-order valence-electron chi connectivity index (χ1n) is 5.91. The molecule has 2 rings (SSSR count). The minimum absolute atomic E-state index is 0.0575. The van der Waals surface area contributed by atoms with Gasteiger partial charge in [-0.05, 0) is 25.5 Å². The lowest BCUT2D eigenvalue weighted by atomic mass is 10.1. The summed E-state index contributed by atoms with van der Waals surface area (Å²) in [5.74, 6) is -1.08. The number of anilines is 1. The van der Waals surface area contributed by atoms with Crippen LogP contribution in [0.3, 0.4) is 0 Å². The van der Waals surface area contributed by atoms with E-state index in [4.69, 9.17) is 5.11 Å². The van der Waals surface area contributed by atoms with Crippen molar-refractivity contribution in [3.05, 3.63) is 45.5 Å². The zero-order chi connectivity index (χ0) is 14.0. The first kappa shape index (κ1) is 13.1. The second kappa shape index (κ2) is 5.09. The molecule has 1 aliphatic rings. The Morgan fingerprint density at radius 1 is 1.47 bits per heavy atom. The van der Waals surface area contributed by atoms with E-state index in [0.29, 0.717) is 18.8 Å². The van der Waals surface area contributed by atoms with Crippen molar-refractivity contribution in [2.75, 3.05) is 18.0 Å². The first-order chi connectivity index (χ1) is 8.99. The second-order valence-electron chi connectivity index (χ2n) is 4.51. The van der Waals surface area contributed by atoms with Crippen LogP contribution in [0.25, 0.3) is 0 Å². The van der Waals surface area contributed by atoms with Gasteiger partial charge < -0.3 is 10.0 Å². The molecule has 1 heterocycles. The van der Waals surface area contributed by atoms with Gasteiger partial charge in [0, 0.05) is 19.2 Å². The lowest BCUT2D eigenvalue weighted by Gasteiger charge is -2.27. The Morgan fingerprint density at radius 2 is 2.21 bits per heavy atom. The van der Waals surface area contributed by atoms with Gasteiger partial charge >= 0.3 is 5.97 Å². The van der Waals surface area contributed by atoms with Crippen molar-refractivity contribution in [2.45, 2.75) is 13.3 Å². The van der Waals surface area contributed by atoms with Gasteiger partial charge in [-0.1, -0.05) is 11.6 Å². The van der Waals surface area contributed by atoms with E-state index < -0.39 is 10.9 Å². The summed E-state index contributed by atoms with van der Waals surface area (Å²) in [6.45, 7) is 3.24. The molecule has 0 saturated heterocycles. The fourth-order valence-electron chi connectivity index (χ4n) is 2.05. The van der Waals surface area contributed by atoms with Crippen LogP contribution < -0.4 is 4.90 Å². The van der Waals surface area contributed by atoms with Gasteiger partial charge in [-0.25, -0.2) is 4.79 Å².